The molecule has 0 bridgehead atoms. The Kier molecular flexibility index (Phi) is 7.61. The minimum atomic E-state index is -0.564. The molecule has 25 heavy (non-hydrogen) atoms. The molecule has 0 saturated carbocycles. The van der Waals surface area contributed by atoms with Crippen LogP contribution < -0.4 is 10.9 Å². The van der Waals surface area contributed by atoms with Crippen LogP contribution >= 0.6 is 0 Å². The molecule has 2 heterocycles. The summed E-state index contributed by atoms with van der Waals surface area (Å²) in [6.07, 6.45) is 2.03. The first kappa shape index (κ1) is 19.6. The molecule has 1 aliphatic heterocycles. The Morgan fingerprint density at radius 1 is 1.32 bits per heavy atom. The molecule has 1 saturated heterocycles. The Balaban J connectivity index is 2.23. The Bertz CT molecular complexity index is 614. The number of carbonyl (C=O) groups is 1. The van der Waals surface area contributed by atoms with Crippen molar-refractivity contribution < 1.29 is 18.7 Å². The van der Waals surface area contributed by atoms with Crippen molar-refractivity contribution in [1.82, 2.24) is 10.2 Å². The number of amides is 1. The SMILES string of the molecule is COCCN(CCOC)C(=O)c1c(C)cc(C2CCCNC2)oc1=O. The highest BCUT2D eigenvalue weighted by Crippen LogP contribution is 2.23. The zero-order chi connectivity index (χ0) is 18.2. The number of methoxy groups -OCH3 is 2. The summed E-state index contributed by atoms with van der Waals surface area (Å²) in [6.45, 7) is 5.15. The predicted molar refractivity (Wildman–Crippen MR) is 94.2 cm³/mol. The van der Waals surface area contributed by atoms with Crippen LogP contribution in [0.5, 0.6) is 0 Å². The van der Waals surface area contributed by atoms with Gasteiger partial charge >= 0.3 is 5.63 Å². The molecule has 0 aromatic carbocycles. The third-order valence-corrected chi connectivity index (χ3v) is 4.50. The quantitative estimate of drug-likeness (QED) is 0.756. The molecule has 0 aliphatic carbocycles. The van der Waals surface area contributed by atoms with E-state index in [9.17, 15) is 9.59 Å². The number of rotatable bonds is 8. The fourth-order valence-electron chi connectivity index (χ4n) is 3.06. The van der Waals surface area contributed by atoms with Crippen LogP contribution in [0.25, 0.3) is 0 Å². The van der Waals surface area contributed by atoms with Gasteiger partial charge in [0.2, 0.25) is 0 Å². The fraction of sp³-hybridized carbons (Fsp3) is 0.667. The molecule has 1 aromatic heterocycles. The molecule has 1 amide bonds. The summed E-state index contributed by atoms with van der Waals surface area (Å²) in [4.78, 5) is 26.9. The second-order valence-electron chi connectivity index (χ2n) is 6.32. The second-order valence-corrected chi connectivity index (χ2v) is 6.32. The second kappa shape index (κ2) is 9.70. The summed E-state index contributed by atoms with van der Waals surface area (Å²) >= 11 is 0. The van der Waals surface area contributed by atoms with Gasteiger partial charge in [0.25, 0.3) is 5.91 Å². The summed E-state index contributed by atoms with van der Waals surface area (Å²) in [6, 6.07) is 1.83. The largest absolute Gasteiger partial charge is 0.427 e. The third-order valence-electron chi connectivity index (χ3n) is 4.50. The van der Waals surface area contributed by atoms with Gasteiger partial charge in [-0.25, -0.2) is 4.79 Å². The van der Waals surface area contributed by atoms with Crippen LogP contribution in [0.4, 0.5) is 0 Å². The number of piperidine rings is 1. The number of nitrogens with one attached hydrogen (secondary N) is 1. The van der Waals surface area contributed by atoms with Crippen molar-refractivity contribution in [2.75, 3.05) is 53.6 Å². The number of ether oxygens (including phenoxy) is 2. The number of carbonyl (C=O) groups excluding carboxylic acids is 1. The van der Waals surface area contributed by atoms with E-state index in [2.05, 4.69) is 5.32 Å². The highest BCUT2D eigenvalue weighted by atomic mass is 16.5. The van der Waals surface area contributed by atoms with E-state index < -0.39 is 5.63 Å². The fourth-order valence-corrected chi connectivity index (χ4v) is 3.06. The molecule has 1 N–H and O–H groups in total. The van der Waals surface area contributed by atoms with Crippen LogP contribution in [0.2, 0.25) is 0 Å². The topological polar surface area (TPSA) is 81.0 Å². The van der Waals surface area contributed by atoms with Crippen molar-refractivity contribution >= 4 is 5.91 Å². The van der Waals surface area contributed by atoms with E-state index in [1.807, 2.05) is 6.07 Å². The Morgan fingerprint density at radius 3 is 2.52 bits per heavy atom. The van der Waals surface area contributed by atoms with Gasteiger partial charge < -0.3 is 24.1 Å². The summed E-state index contributed by atoms with van der Waals surface area (Å²) in [7, 11) is 3.15. The van der Waals surface area contributed by atoms with Gasteiger partial charge in [-0.05, 0) is 37.9 Å². The molecule has 0 spiro atoms. The highest BCUT2D eigenvalue weighted by molar-refractivity contribution is 5.95. The van der Waals surface area contributed by atoms with Gasteiger partial charge in [-0.3, -0.25) is 4.79 Å². The maximum atomic E-state index is 12.8. The third kappa shape index (κ3) is 5.14. The first-order valence-corrected chi connectivity index (χ1v) is 8.71. The van der Waals surface area contributed by atoms with E-state index in [1.54, 1.807) is 26.0 Å². The monoisotopic (exact) mass is 352 g/mol. The van der Waals surface area contributed by atoms with Crippen molar-refractivity contribution in [3.05, 3.63) is 33.4 Å². The van der Waals surface area contributed by atoms with Crippen LogP contribution in [-0.2, 0) is 9.47 Å². The van der Waals surface area contributed by atoms with Gasteiger partial charge in [0.05, 0.1) is 13.2 Å². The lowest BCUT2D eigenvalue weighted by atomic mass is 9.95. The first-order valence-electron chi connectivity index (χ1n) is 8.71. The van der Waals surface area contributed by atoms with Crippen LogP contribution in [0.1, 0.15) is 40.4 Å². The minimum absolute atomic E-state index is 0.0970. The Labute approximate surface area is 148 Å². The predicted octanol–water partition coefficient (Wildman–Crippen LogP) is 1.15. The lowest BCUT2D eigenvalue weighted by molar-refractivity contribution is 0.0621. The summed E-state index contributed by atoms with van der Waals surface area (Å²) < 4.78 is 15.6. The van der Waals surface area contributed by atoms with Crippen molar-refractivity contribution in [3.8, 4) is 0 Å². The van der Waals surface area contributed by atoms with E-state index >= 15 is 0 Å². The van der Waals surface area contributed by atoms with Gasteiger partial charge in [0.1, 0.15) is 11.3 Å². The highest BCUT2D eigenvalue weighted by Gasteiger charge is 2.25. The molecule has 1 fully saturated rings. The van der Waals surface area contributed by atoms with Gasteiger partial charge in [-0.2, -0.15) is 0 Å². The molecule has 1 aliphatic rings. The van der Waals surface area contributed by atoms with Gasteiger partial charge in [-0.1, -0.05) is 0 Å². The lowest BCUT2D eigenvalue weighted by Crippen LogP contribution is -2.39. The van der Waals surface area contributed by atoms with Gasteiger partial charge in [-0.15, -0.1) is 0 Å². The molecule has 140 valence electrons. The van der Waals surface area contributed by atoms with E-state index in [0.29, 0.717) is 37.6 Å². The average Bonchev–Trinajstić information content (AvgIpc) is 2.62. The summed E-state index contributed by atoms with van der Waals surface area (Å²) in [5, 5.41) is 3.31. The zero-order valence-corrected chi connectivity index (χ0v) is 15.3. The lowest BCUT2D eigenvalue weighted by Gasteiger charge is -2.24. The Hall–Kier alpha value is -1.70. The molecule has 1 aromatic rings. The maximum Gasteiger partial charge on any atom is 0.349 e. The summed E-state index contributed by atoms with van der Waals surface area (Å²) in [5.41, 5.74) is 0.187. The van der Waals surface area contributed by atoms with Crippen LogP contribution in [-0.4, -0.2) is 64.4 Å². The number of hydrogen-bond donors (Lipinski definition) is 1. The minimum Gasteiger partial charge on any atom is -0.427 e. The van der Waals surface area contributed by atoms with Crippen molar-refractivity contribution in [1.29, 1.82) is 0 Å². The number of hydrogen-bond acceptors (Lipinski definition) is 6. The molecule has 0 radical (unpaired) electrons. The molecule has 7 heteroatoms. The molecule has 7 nitrogen and oxygen atoms in total. The smallest absolute Gasteiger partial charge is 0.349 e. The van der Waals surface area contributed by atoms with E-state index in [1.165, 1.54) is 0 Å². The van der Waals surface area contributed by atoms with Crippen LogP contribution in [0, 0.1) is 6.92 Å². The van der Waals surface area contributed by atoms with Crippen LogP contribution in [0.3, 0.4) is 0 Å². The molecule has 1 unspecified atom stereocenters. The number of nitrogens with zero attached hydrogens (tertiary/aromatic N) is 1. The average molecular weight is 352 g/mol. The molecular weight excluding hydrogens is 324 g/mol. The van der Waals surface area contributed by atoms with Gasteiger partial charge in [0.15, 0.2) is 0 Å². The van der Waals surface area contributed by atoms with E-state index in [4.69, 9.17) is 13.9 Å². The number of aryl methyl sites for hydroxylation is 1. The van der Waals surface area contributed by atoms with Crippen molar-refractivity contribution in [3.63, 3.8) is 0 Å². The molecule has 2 rings (SSSR count). The normalized spacial score (nSPS) is 17.5. The Morgan fingerprint density at radius 2 is 2.00 bits per heavy atom. The summed E-state index contributed by atoms with van der Waals surface area (Å²) in [5.74, 6) is 0.502. The van der Waals surface area contributed by atoms with E-state index in [0.717, 1.165) is 25.9 Å². The molecular formula is C18H28N2O5. The zero-order valence-electron chi connectivity index (χ0n) is 15.3. The van der Waals surface area contributed by atoms with Gasteiger partial charge in [0, 0.05) is 39.8 Å². The maximum absolute atomic E-state index is 12.8. The van der Waals surface area contributed by atoms with Crippen molar-refractivity contribution in [2.45, 2.75) is 25.7 Å². The van der Waals surface area contributed by atoms with E-state index in [-0.39, 0.29) is 17.4 Å². The van der Waals surface area contributed by atoms with Crippen LogP contribution in [0.15, 0.2) is 15.3 Å². The van der Waals surface area contributed by atoms with Crippen molar-refractivity contribution in [2.24, 2.45) is 0 Å². The standard InChI is InChI=1S/C18H28N2O5/c1-13-11-15(14-5-4-6-19-12-14)25-18(22)16(13)17(21)20(7-9-23-2)8-10-24-3/h11,14,19H,4-10,12H2,1-3H3. The molecule has 1 atom stereocenters. The first-order chi connectivity index (χ1) is 12.1.